The van der Waals surface area contributed by atoms with Gasteiger partial charge in [0.25, 0.3) is 0 Å². The standard InChI is InChI=1S/C8H14Cl2S/c9-5-2-1-3-8-7(10)4-6-11-8/h7-8H,1-6H2. The van der Waals surface area contributed by atoms with Crippen LogP contribution < -0.4 is 0 Å². The van der Waals surface area contributed by atoms with E-state index in [0.717, 1.165) is 12.3 Å². The smallest absolute Gasteiger partial charge is 0.0462 e. The first-order valence-corrected chi connectivity index (χ1v) is 6.18. The van der Waals surface area contributed by atoms with Crippen LogP contribution in [0.4, 0.5) is 0 Å². The quantitative estimate of drug-likeness (QED) is 0.508. The van der Waals surface area contributed by atoms with E-state index in [9.17, 15) is 0 Å². The molecule has 0 aromatic rings. The fraction of sp³-hybridized carbons (Fsp3) is 1.00. The fourth-order valence-corrected chi connectivity index (χ4v) is 3.47. The molecule has 2 unspecified atom stereocenters. The Kier molecular flexibility index (Phi) is 5.06. The monoisotopic (exact) mass is 212 g/mol. The molecule has 0 nitrogen and oxygen atoms in total. The maximum atomic E-state index is 6.10. The van der Waals surface area contributed by atoms with Crippen molar-refractivity contribution in [2.24, 2.45) is 0 Å². The minimum absolute atomic E-state index is 0.426. The Bertz CT molecular complexity index is 108. The van der Waals surface area contributed by atoms with Crippen molar-refractivity contribution in [3.63, 3.8) is 0 Å². The summed E-state index contributed by atoms with van der Waals surface area (Å²) in [5, 5.41) is 1.13. The van der Waals surface area contributed by atoms with Crippen molar-refractivity contribution in [3.8, 4) is 0 Å². The number of thioether (sulfide) groups is 1. The molecule has 0 aliphatic carbocycles. The molecule has 1 rings (SSSR count). The Morgan fingerprint density at radius 3 is 2.73 bits per heavy atom. The Morgan fingerprint density at radius 2 is 2.18 bits per heavy atom. The van der Waals surface area contributed by atoms with Crippen LogP contribution in [0.1, 0.15) is 25.7 Å². The molecule has 0 saturated carbocycles. The highest BCUT2D eigenvalue weighted by atomic mass is 35.5. The molecule has 0 aromatic carbocycles. The Balaban J connectivity index is 2.05. The Morgan fingerprint density at radius 1 is 1.36 bits per heavy atom. The third-order valence-corrected chi connectivity index (χ3v) is 4.40. The summed E-state index contributed by atoms with van der Waals surface area (Å²) in [5.74, 6) is 2.05. The van der Waals surface area contributed by atoms with E-state index in [0.29, 0.717) is 10.6 Å². The van der Waals surface area contributed by atoms with Crippen molar-refractivity contribution in [3.05, 3.63) is 0 Å². The highest BCUT2D eigenvalue weighted by Crippen LogP contribution is 2.33. The van der Waals surface area contributed by atoms with Gasteiger partial charge in [0.15, 0.2) is 0 Å². The van der Waals surface area contributed by atoms with Crippen molar-refractivity contribution in [2.75, 3.05) is 11.6 Å². The van der Waals surface area contributed by atoms with Gasteiger partial charge in [0.2, 0.25) is 0 Å². The van der Waals surface area contributed by atoms with E-state index in [4.69, 9.17) is 23.2 Å². The van der Waals surface area contributed by atoms with Gasteiger partial charge in [-0.25, -0.2) is 0 Å². The minimum Gasteiger partial charge on any atom is -0.157 e. The second-order valence-corrected chi connectivity index (χ2v) is 5.18. The molecule has 66 valence electrons. The predicted octanol–water partition coefficient (Wildman–Crippen LogP) is 3.51. The number of rotatable bonds is 4. The second-order valence-electron chi connectivity index (χ2n) is 2.90. The summed E-state index contributed by atoms with van der Waals surface area (Å²) in [6.07, 6.45) is 4.83. The zero-order valence-corrected chi connectivity index (χ0v) is 8.89. The molecule has 0 aromatic heterocycles. The van der Waals surface area contributed by atoms with Crippen LogP contribution in [0.25, 0.3) is 0 Å². The van der Waals surface area contributed by atoms with E-state index in [1.54, 1.807) is 0 Å². The number of unbranched alkanes of at least 4 members (excludes halogenated alkanes) is 1. The van der Waals surface area contributed by atoms with Crippen molar-refractivity contribution in [2.45, 2.75) is 36.3 Å². The van der Waals surface area contributed by atoms with Crippen molar-refractivity contribution in [1.29, 1.82) is 0 Å². The molecule has 0 N–H and O–H groups in total. The van der Waals surface area contributed by atoms with Gasteiger partial charge >= 0.3 is 0 Å². The second kappa shape index (κ2) is 5.55. The zero-order valence-electron chi connectivity index (χ0n) is 6.56. The molecule has 1 saturated heterocycles. The number of hydrogen-bond acceptors (Lipinski definition) is 1. The van der Waals surface area contributed by atoms with Crippen LogP contribution in [-0.4, -0.2) is 22.3 Å². The van der Waals surface area contributed by atoms with Crippen LogP contribution in [0.2, 0.25) is 0 Å². The largest absolute Gasteiger partial charge is 0.157 e. The van der Waals surface area contributed by atoms with Gasteiger partial charge in [-0.05, 0) is 25.0 Å². The molecule has 11 heavy (non-hydrogen) atoms. The summed E-state index contributed by atoms with van der Waals surface area (Å²) >= 11 is 13.7. The minimum atomic E-state index is 0.426. The maximum absolute atomic E-state index is 6.10. The first-order valence-electron chi connectivity index (χ1n) is 4.16. The molecular weight excluding hydrogens is 199 g/mol. The number of halogens is 2. The highest BCUT2D eigenvalue weighted by Gasteiger charge is 2.24. The lowest BCUT2D eigenvalue weighted by Crippen LogP contribution is -2.10. The summed E-state index contributed by atoms with van der Waals surface area (Å²) in [6, 6.07) is 0. The van der Waals surface area contributed by atoms with E-state index in [1.807, 2.05) is 11.8 Å². The summed E-state index contributed by atoms with van der Waals surface area (Å²) in [5.41, 5.74) is 0. The van der Waals surface area contributed by atoms with Gasteiger partial charge in [-0.15, -0.1) is 23.2 Å². The molecule has 0 radical (unpaired) electrons. The SMILES string of the molecule is ClCCCCC1SCCC1Cl. The van der Waals surface area contributed by atoms with Crippen LogP contribution in [0.3, 0.4) is 0 Å². The van der Waals surface area contributed by atoms with Gasteiger partial charge in [0.05, 0.1) is 0 Å². The van der Waals surface area contributed by atoms with E-state index >= 15 is 0 Å². The topological polar surface area (TPSA) is 0 Å². The number of hydrogen-bond donors (Lipinski definition) is 0. The molecule has 1 fully saturated rings. The highest BCUT2D eigenvalue weighted by molar-refractivity contribution is 8.00. The lowest BCUT2D eigenvalue weighted by atomic mass is 10.1. The fourth-order valence-electron chi connectivity index (χ4n) is 1.33. The van der Waals surface area contributed by atoms with Crippen LogP contribution >= 0.6 is 35.0 Å². The summed E-state index contributed by atoms with van der Waals surface area (Å²) < 4.78 is 0. The van der Waals surface area contributed by atoms with Gasteiger partial charge in [-0.1, -0.05) is 6.42 Å². The van der Waals surface area contributed by atoms with E-state index in [-0.39, 0.29) is 0 Å². The predicted molar refractivity (Wildman–Crippen MR) is 55.1 cm³/mol. The van der Waals surface area contributed by atoms with E-state index in [1.165, 1.54) is 25.0 Å². The summed E-state index contributed by atoms with van der Waals surface area (Å²) in [4.78, 5) is 0. The molecule has 1 aliphatic heterocycles. The van der Waals surface area contributed by atoms with Crippen LogP contribution in [0.5, 0.6) is 0 Å². The molecular formula is C8H14Cl2S. The van der Waals surface area contributed by atoms with E-state index in [2.05, 4.69) is 0 Å². The maximum Gasteiger partial charge on any atom is 0.0462 e. The molecule has 1 heterocycles. The van der Waals surface area contributed by atoms with Crippen molar-refractivity contribution < 1.29 is 0 Å². The Hall–Kier alpha value is 0.930. The molecule has 0 amide bonds. The zero-order chi connectivity index (χ0) is 8.10. The first-order chi connectivity index (χ1) is 5.34. The van der Waals surface area contributed by atoms with Gasteiger partial charge in [-0.3, -0.25) is 0 Å². The average molecular weight is 213 g/mol. The summed E-state index contributed by atoms with van der Waals surface area (Å²) in [7, 11) is 0. The third-order valence-electron chi connectivity index (χ3n) is 2.00. The van der Waals surface area contributed by atoms with Crippen molar-refractivity contribution >= 4 is 35.0 Å². The lowest BCUT2D eigenvalue weighted by molar-refractivity contribution is 0.667. The average Bonchev–Trinajstić information content (AvgIpc) is 2.37. The molecule has 0 spiro atoms. The molecule has 1 aliphatic rings. The van der Waals surface area contributed by atoms with Gasteiger partial charge < -0.3 is 0 Å². The molecule has 0 bridgehead atoms. The van der Waals surface area contributed by atoms with Crippen LogP contribution in [-0.2, 0) is 0 Å². The molecule has 2 atom stereocenters. The van der Waals surface area contributed by atoms with Crippen LogP contribution in [0.15, 0.2) is 0 Å². The third kappa shape index (κ3) is 3.43. The first kappa shape index (κ1) is 10.0. The Labute approximate surface area is 83.0 Å². The van der Waals surface area contributed by atoms with E-state index < -0.39 is 0 Å². The van der Waals surface area contributed by atoms with Gasteiger partial charge in [0.1, 0.15) is 0 Å². The van der Waals surface area contributed by atoms with Crippen LogP contribution in [0, 0.1) is 0 Å². The van der Waals surface area contributed by atoms with Gasteiger partial charge in [-0.2, -0.15) is 11.8 Å². The van der Waals surface area contributed by atoms with Gasteiger partial charge in [0, 0.05) is 16.5 Å². The van der Waals surface area contributed by atoms with Crippen molar-refractivity contribution in [1.82, 2.24) is 0 Å². The summed E-state index contributed by atoms with van der Waals surface area (Å²) in [6.45, 7) is 0. The lowest BCUT2D eigenvalue weighted by Gasteiger charge is -2.11. The molecule has 3 heteroatoms. The normalized spacial score (nSPS) is 31.1. The number of alkyl halides is 2.